The highest BCUT2D eigenvalue weighted by molar-refractivity contribution is 6.50. The topological polar surface area (TPSA) is 50.1 Å². The van der Waals surface area contributed by atoms with Crippen LogP contribution in [-0.4, -0.2) is 5.97 Å². The summed E-state index contributed by atoms with van der Waals surface area (Å²) >= 11 is 23.5. The van der Waals surface area contributed by atoms with E-state index in [0.717, 1.165) is 0 Å². The van der Waals surface area contributed by atoms with Crippen molar-refractivity contribution >= 4 is 52.4 Å². The molecule has 0 atom stereocenters. The van der Waals surface area contributed by atoms with Crippen molar-refractivity contribution < 1.29 is 9.53 Å². The highest BCUT2D eigenvalue weighted by Crippen LogP contribution is 2.45. The fourth-order valence-corrected chi connectivity index (χ4v) is 2.01. The van der Waals surface area contributed by atoms with Gasteiger partial charge >= 0.3 is 5.97 Å². The Labute approximate surface area is 124 Å². The highest BCUT2D eigenvalue weighted by atomic mass is 35.5. The van der Waals surface area contributed by atoms with E-state index in [4.69, 9.17) is 56.4 Å². The van der Waals surface area contributed by atoms with E-state index in [0.29, 0.717) is 0 Å². The van der Waals surface area contributed by atoms with Crippen LogP contribution in [0.4, 0.5) is 0 Å². The van der Waals surface area contributed by atoms with E-state index >= 15 is 0 Å². The summed E-state index contributed by atoms with van der Waals surface area (Å²) < 4.78 is 5.02. The molecule has 1 aromatic rings. The van der Waals surface area contributed by atoms with Gasteiger partial charge in [-0.3, -0.25) is 4.79 Å². The van der Waals surface area contributed by atoms with E-state index in [-0.39, 0.29) is 37.3 Å². The van der Waals surface area contributed by atoms with Crippen LogP contribution < -0.4 is 4.74 Å². The molecule has 0 bridgehead atoms. The zero-order valence-corrected chi connectivity index (χ0v) is 12.4. The number of carbonyl (C=O) groups is 1. The van der Waals surface area contributed by atoms with Crippen LogP contribution in [0.3, 0.4) is 0 Å². The number of hydrogen-bond acceptors (Lipinski definition) is 3. The van der Waals surface area contributed by atoms with Gasteiger partial charge in [0.05, 0.1) is 21.5 Å². The molecular formula is C11H7Cl4NO2. The highest BCUT2D eigenvalue weighted by Gasteiger charge is 2.24. The second-order valence-electron chi connectivity index (χ2n) is 3.65. The van der Waals surface area contributed by atoms with Crippen molar-refractivity contribution in [3.05, 3.63) is 25.7 Å². The van der Waals surface area contributed by atoms with Gasteiger partial charge in [0.15, 0.2) is 5.75 Å². The Hall–Kier alpha value is -0.660. The van der Waals surface area contributed by atoms with Gasteiger partial charge in [0.2, 0.25) is 0 Å². The number of nitriles is 1. The summed E-state index contributed by atoms with van der Waals surface area (Å²) in [5.41, 5.74) is -0.0577. The van der Waals surface area contributed by atoms with Crippen LogP contribution in [0.2, 0.25) is 20.1 Å². The van der Waals surface area contributed by atoms with E-state index in [1.165, 1.54) is 0 Å². The number of hydrogen-bond donors (Lipinski definition) is 0. The standard InChI is InChI=1S/C11H7Cl4NO2/c1-4(2)11(17)18-10-8(14)6(12)5(3-16)7(13)9(10)15/h4H,1-2H3. The molecule has 0 amide bonds. The minimum absolute atomic E-state index is 0.0577. The maximum Gasteiger partial charge on any atom is 0.313 e. The van der Waals surface area contributed by atoms with Gasteiger partial charge in [-0.15, -0.1) is 0 Å². The Balaban J connectivity index is 3.40. The van der Waals surface area contributed by atoms with Crippen LogP contribution in [0.25, 0.3) is 0 Å². The fraction of sp³-hybridized carbons (Fsp3) is 0.273. The fourth-order valence-electron chi connectivity index (χ4n) is 1.02. The quantitative estimate of drug-likeness (QED) is 0.448. The van der Waals surface area contributed by atoms with Crippen LogP contribution in [0.15, 0.2) is 0 Å². The van der Waals surface area contributed by atoms with Crippen molar-refractivity contribution in [2.75, 3.05) is 0 Å². The Morgan fingerprint density at radius 2 is 1.56 bits per heavy atom. The number of halogens is 4. The third kappa shape index (κ3) is 2.84. The predicted molar refractivity (Wildman–Crippen MR) is 71.7 cm³/mol. The van der Waals surface area contributed by atoms with Crippen LogP contribution in [0.5, 0.6) is 5.75 Å². The van der Waals surface area contributed by atoms with E-state index in [1.807, 2.05) is 0 Å². The monoisotopic (exact) mass is 325 g/mol. The van der Waals surface area contributed by atoms with E-state index in [1.54, 1.807) is 19.9 Å². The summed E-state index contributed by atoms with van der Waals surface area (Å²) in [6.45, 7) is 3.30. The van der Waals surface area contributed by atoms with Crippen LogP contribution in [0, 0.1) is 17.2 Å². The summed E-state index contributed by atoms with van der Waals surface area (Å²) in [7, 11) is 0. The lowest BCUT2D eigenvalue weighted by Crippen LogP contribution is -2.15. The second-order valence-corrected chi connectivity index (χ2v) is 5.16. The molecule has 0 radical (unpaired) electrons. The molecular weight excluding hydrogens is 320 g/mol. The maximum atomic E-state index is 11.5. The van der Waals surface area contributed by atoms with Gasteiger partial charge < -0.3 is 4.74 Å². The van der Waals surface area contributed by atoms with Gasteiger partial charge in [-0.1, -0.05) is 60.3 Å². The molecule has 0 saturated carbocycles. The first-order valence-electron chi connectivity index (χ1n) is 4.79. The normalized spacial score (nSPS) is 10.3. The maximum absolute atomic E-state index is 11.5. The molecule has 96 valence electrons. The lowest BCUT2D eigenvalue weighted by atomic mass is 10.2. The SMILES string of the molecule is CC(C)C(=O)Oc1c(Cl)c(Cl)c(C#N)c(Cl)c1Cl. The average molecular weight is 327 g/mol. The van der Waals surface area contributed by atoms with Crippen molar-refractivity contribution in [3.63, 3.8) is 0 Å². The van der Waals surface area contributed by atoms with Gasteiger partial charge in [0, 0.05) is 0 Å². The number of nitrogens with zero attached hydrogens (tertiary/aromatic N) is 1. The lowest BCUT2D eigenvalue weighted by Gasteiger charge is -2.13. The summed E-state index contributed by atoms with van der Waals surface area (Å²) in [6, 6.07) is 1.78. The first-order chi connectivity index (χ1) is 8.31. The molecule has 0 unspecified atom stereocenters. The Morgan fingerprint density at radius 1 is 1.11 bits per heavy atom. The zero-order chi connectivity index (χ0) is 14.0. The molecule has 0 aliphatic rings. The number of ether oxygens (including phenoxy) is 1. The number of esters is 1. The van der Waals surface area contributed by atoms with Crippen molar-refractivity contribution in [1.82, 2.24) is 0 Å². The number of carbonyl (C=O) groups excluding carboxylic acids is 1. The zero-order valence-electron chi connectivity index (χ0n) is 9.35. The van der Waals surface area contributed by atoms with E-state index in [2.05, 4.69) is 0 Å². The smallest absolute Gasteiger partial charge is 0.313 e. The van der Waals surface area contributed by atoms with Gasteiger partial charge in [-0.2, -0.15) is 5.26 Å². The molecule has 0 heterocycles. The van der Waals surface area contributed by atoms with Crippen LogP contribution in [-0.2, 0) is 4.79 Å². The van der Waals surface area contributed by atoms with Gasteiger partial charge in [0.1, 0.15) is 16.1 Å². The Kier molecular flexibility index (Phi) is 5.12. The molecule has 0 spiro atoms. The Bertz CT molecular complexity index is 520. The van der Waals surface area contributed by atoms with Crippen molar-refractivity contribution in [1.29, 1.82) is 5.26 Å². The summed E-state index contributed by atoms with van der Waals surface area (Å²) in [4.78, 5) is 11.5. The lowest BCUT2D eigenvalue weighted by molar-refractivity contribution is -0.137. The number of benzene rings is 1. The van der Waals surface area contributed by atoms with Gasteiger partial charge in [0.25, 0.3) is 0 Å². The second kappa shape index (κ2) is 5.99. The summed E-state index contributed by atoms with van der Waals surface area (Å²) in [5, 5.41) is 8.44. The molecule has 0 aromatic heterocycles. The summed E-state index contributed by atoms with van der Waals surface area (Å²) in [6.07, 6.45) is 0. The molecule has 0 saturated heterocycles. The van der Waals surface area contributed by atoms with E-state index in [9.17, 15) is 4.79 Å². The molecule has 18 heavy (non-hydrogen) atoms. The van der Waals surface area contributed by atoms with Crippen molar-refractivity contribution in [3.8, 4) is 11.8 Å². The molecule has 3 nitrogen and oxygen atoms in total. The van der Waals surface area contributed by atoms with Gasteiger partial charge in [-0.25, -0.2) is 0 Å². The number of rotatable bonds is 2. The molecule has 0 aliphatic heterocycles. The van der Waals surface area contributed by atoms with Crippen molar-refractivity contribution in [2.45, 2.75) is 13.8 Å². The largest absolute Gasteiger partial charge is 0.423 e. The molecule has 0 N–H and O–H groups in total. The first-order valence-corrected chi connectivity index (χ1v) is 6.30. The minimum Gasteiger partial charge on any atom is -0.423 e. The van der Waals surface area contributed by atoms with Crippen LogP contribution >= 0.6 is 46.4 Å². The minimum atomic E-state index is -0.532. The first kappa shape index (κ1) is 15.4. The Morgan fingerprint density at radius 3 is 1.89 bits per heavy atom. The predicted octanol–water partition coefficient (Wildman–Crippen LogP) is 4.73. The third-order valence-electron chi connectivity index (χ3n) is 2.01. The van der Waals surface area contributed by atoms with Crippen molar-refractivity contribution in [2.24, 2.45) is 5.92 Å². The molecule has 1 aromatic carbocycles. The molecule has 7 heteroatoms. The van der Waals surface area contributed by atoms with Gasteiger partial charge in [-0.05, 0) is 0 Å². The summed E-state index contributed by atoms with van der Waals surface area (Å²) in [5.74, 6) is -1.04. The molecule has 0 fully saturated rings. The van der Waals surface area contributed by atoms with E-state index < -0.39 is 5.97 Å². The van der Waals surface area contributed by atoms with Crippen LogP contribution in [0.1, 0.15) is 19.4 Å². The molecule has 0 aliphatic carbocycles. The third-order valence-corrected chi connectivity index (χ3v) is 3.68. The molecule has 1 rings (SSSR count). The average Bonchev–Trinajstić information content (AvgIpc) is 2.32.